The summed E-state index contributed by atoms with van der Waals surface area (Å²) >= 11 is 0. The van der Waals surface area contributed by atoms with Crippen molar-refractivity contribution in [1.29, 1.82) is 0 Å². The molecule has 10 heteroatoms. The Bertz CT molecular complexity index is 104. The van der Waals surface area contributed by atoms with Gasteiger partial charge in [-0.3, -0.25) is 4.89 Å². The third-order valence-corrected chi connectivity index (χ3v) is 0.776. The summed E-state index contributed by atoms with van der Waals surface area (Å²) in [5.41, 5.74) is 0. The van der Waals surface area contributed by atoms with Crippen molar-refractivity contribution in [2.24, 2.45) is 0 Å². The SMILES string of the molecule is O=P1(O)OOOO1.[CaH2].[CaH2].[CaH2]. The molecule has 0 aromatic rings. The molecule has 0 aromatic carbocycles. The maximum atomic E-state index is 9.88. The predicted molar refractivity (Wildman–Crippen MR) is 39.8 cm³/mol. The van der Waals surface area contributed by atoms with Crippen LogP contribution in [0.4, 0.5) is 0 Å². The number of phosphoric acid groups is 1. The second kappa shape index (κ2) is 9.37. The van der Waals surface area contributed by atoms with Gasteiger partial charge in [-0.15, -0.1) is 0 Å². The quantitative estimate of drug-likeness (QED) is 0.285. The molecule has 1 saturated heterocycles. The Labute approximate surface area is 146 Å². The van der Waals surface area contributed by atoms with Gasteiger partial charge >= 0.3 is 121 Å². The molecule has 0 bridgehead atoms. The molecule has 1 heterocycles. The summed E-state index contributed by atoms with van der Waals surface area (Å²) in [5, 5.41) is 6.85. The average Bonchev–Trinajstić information content (AvgIpc) is 1.84. The summed E-state index contributed by atoms with van der Waals surface area (Å²) in [6, 6.07) is 0. The molecule has 54 valence electrons. The molecule has 6 nitrogen and oxygen atoms in total. The van der Waals surface area contributed by atoms with Gasteiger partial charge in [0.2, 0.25) is 0 Å². The zero-order valence-electron chi connectivity index (χ0n) is 2.94. The fraction of sp³-hybridized carbons (Fsp3) is 0. The van der Waals surface area contributed by atoms with Crippen molar-refractivity contribution in [2.45, 2.75) is 0 Å². The molecule has 1 aliphatic rings. The van der Waals surface area contributed by atoms with Crippen LogP contribution in [-0.4, -0.2) is 118 Å². The molecule has 0 radical (unpaired) electrons. The van der Waals surface area contributed by atoms with Crippen molar-refractivity contribution in [3.8, 4) is 0 Å². The summed E-state index contributed by atoms with van der Waals surface area (Å²) in [6.45, 7) is 0. The first-order valence-corrected chi connectivity index (χ1v) is 2.74. The Morgan fingerprint density at radius 3 is 1.40 bits per heavy atom. The molecule has 0 atom stereocenters. The van der Waals surface area contributed by atoms with Crippen LogP contribution in [0.2, 0.25) is 0 Å². The fourth-order valence-corrected chi connectivity index (χ4v) is 0.343. The van der Waals surface area contributed by atoms with Crippen molar-refractivity contribution in [2.75, 3.05) is 0 Å². The van der Waals surface area contributed by atoms with Gasteiger partial charge in [-0.2, -0.15) is 0 Å². The number of rotatable bonds is 0. The molecule has 0 aliphatic carbocycles. The Balaban J connectivity index is -0.000000163. The summed E-state index contributed by atoms with van der Waals surface area (Å²) < 4.78 is 16.9. The molecule has 0 aromatic heterocycles. The van der Waals surface area contributed by atoms with Crippen LogP contribution in [0.5, 0.6) is 0 Å². The van der Waals surface area contributed by atoms with Gasteiger partial charge in [0.1, 0.15) is 0 Å². The van der Waals surface area contributed by atoms with Crippen LogP contribution in [0, 0.1) is 0 Å². The first kappa shape index (κ1) is 19.4. The van der Waals surface area contributed by atoms with Gasteiger partial charge in [-0.05, 0) is 10.1 Å². The van der Waals surface area contributed by atoms with Gasteiger partial charge < -0.3 is 0 Å². The molecule has 0 spiro atoms. The Morgan fingerprint density at radius 2 is 1.30 bits per heavy atom. The van der Waals surface area contributed by atoms with Crippen LogP contribution >= 0.6 is 7.82 Å². The molecule has 1 fully saturated rings. The molecule has 0 amide bonds. The second-order valence-electron chi connectivity index (χ2n) is 0.754. The summed E-state index contributed by atoms with van der Waals surface area (Å²) in [4.78, 5) is 8.06. The molecular weight excluding hydrogens is 247 g/mol. The van der Waals surface area contributed by atoms with Crippen molar-refractivity contribution in [3.63, 3.8) is 0 Å². The van der Waals surface area contributed by atoms with Crippen LogP contribution in [-0.2, 0) is 24.0 Å². The van der Waals surface area contributed by atoms with Gasteiger partial charge in [-0.25, -0.2) is 4.57 Å². The minimum atomic E-state index is -3.99. The van der Waals surface area contributed by atoms with Gasteiger partial charge in [0.05, 0.1) is 0 Å². The monoisotopic (exact) mass is 254 g/mol. The third-order valence-electron chi connectivity index (χ3n) is 0.277. The molecule has 0 saturated carbocycles. The molecule has 0 unspecified atom stereocenters. The summed E-state index contributed by atoms with van der Waals surface area (Å²) in [5.74, 6) is 0. The van der Waals surface area contributed by atoms with E-state index in [4.69, 9.17) is 4.89 Å². The minimum absolute atomic E-state index is 0. The van der Waals surface area contributed by atoms with E-state index in [9.17, 15) is 4.57 Å². The predicted octanol–water partition coefficient (Wildman–Crippen LogP) is -2.84. The Hall–Kier alpha value is 3.81. The van der Waals surface area contributed by atoms with Crippen molar-refractivity contribution < 1.29 is 28.9 Å². The van der Waals surface area contributed by atoms with E-state index in [0.29, 0.717) is 0 Å². The van der Waals surface area contributed by atoms with Crippen LogP contribution in [0.15, 0.2) is 0 Å². The second-order valence-corrected chi connectivity index (χ2v) is 1.99. The molecule has 1 aliphatic heterocycles. The third kappa shape index (κ3) is 8.41. The van der Waals surface area contributed by atoms with Crippen LogP contribution in [0.1, 0.15) is 0 Å². The van der Waals surface area contributed by atoms with E-state index in [1.165, 1.54) is 0 Å². The van der Waals surface area contributed by atoms with E-state index in [1.807, 2.05) is 0 Å². The average molecular weight is 254 g/mol. The normalized spacial score (nSPS) is 19.7. The van der Waals surface area contributed by atoms with Gasteiger partial charge in [0.15, 0.2) is 0 Å². The van der Waals surface area contributed by atoms with E-state index in [-0.39, 0.29) is 113 Å². The van der Waals surface area contributed by atoms with Gasteiger partial charge in [0.25, 0.3) is 0 Å². The topological polar surface area (TPSA) is 74.2 Å². The van der Waals surface area contributed by atoms with Crippen LogP contribution in [0.3, 0.4) is 0 Å². The summed E-state index contributed by atoms with van der Waals surface area (Å²) in [6.07, 6.45) is 0. The Morgan fingerprint density at radius 1 is 1.00 bits per heavy atom. The molecule has 10 heavy (non-hydrogen) atoms. The van der Waals surface area contributed by atoms with Crippen molar-refractivity contribution in [1.82, 2.24) is 0 Å². The number of hydrogen-bond acceptors (Lipinski definition) is 5. The molecular formula is H7Ca3O6P. The number of hydrogen-bond donors (Lipinski definition) is 1. The van der Waals surface area contributed by atoms with E-state index < -0.39 is 7.82 Å². The summed E-state index contributed by atoms with van der Waals surface area (Å²) in [7, 11) is -3.99. The van der Waals surface area contributed by atoms with E-state index >= 15 is 0 Å². The van der Waals surface area contributed by atoms with E-state index in [1.54, 1.807) is 0 Å². The first-order valence-electron chi connectivity index (χ1n) is 1.25. The van der Waals surface area contributed by atoms with Crippen molar-refractivity contribution >= 4 is 121 Å². The van der Waals surface area contributed by atoms with E-state index in [2.05, 4.69) is 19.4 Å². The van der Waals surface area contributed by atoms with Crippen LogP contribution in [0.25, 0.3) is 0 Å². The maximum absolute atomic E-state index is 9.88. The van der Waals surface area contributed by atoms with Crippen molar-refractivity contribution in [3.05, 3.63) is 0 Å². The van der Waals surface area contributed by atoms with Gasteiger partial charge in [-0.1, -0.05) is 9.35 Å². The zero-order valence-corrected chi connectivity index (χ0v) is 3.83. The first-order chi connectivity index (χ1) is 3.21. The molecule has 1 rings (SSSR count). The van der Waals surface area contributed by atoms with Gasteiger partial charge in [0, 0.05) is 0 Å². The zero-order chi connectivity index (χ0) is 5.33. The fourth-order valence-electron chi connectivity index (χ4n) is 0.114. The molecule has 1 N–H and O–H groups in total. The van der Waals surface area contributed by atoms with Crippen LogP contribution < -0.4 is 0 Å². The standard InChI is InChI=1S/3Ca.HO6P.6H/c;;;1-7(2)5-3-4-6-7;;;;;;/h;;;(H,1,2);;;;;;. The van der Waals surface area contributed by atoms with E-state index in [0.717, 1.165) is 0 Å². The Kier molecular flexibility index (Phi) is 18.2.